The smallest absolute Gasteiger partial charge is 0.0473 e. The average molecular weight is 193 g/mol. The summed E-state index contributed by atoms with van der Waals surface area (Å²) in [6, 6.07) is 6.35. The van der Waals surface area contributed by atoms with Crippen LogP contribution in [0.3, 0.4) is 0 Å². The Labute approximate surface area is 86.0 Å². The first-order chi connectivity index (χ1) is 6.63. The van der Waals surface area contributed by atoms with Crippen LogP contribution in [0.2, 0.25) is 0 Å². The van der Waals surface area contributed by atoms with Crippen LogP contribution in [0.25, 0.3) is 0 Å². The second-order valence-electron chi connectivity index (χ2n) is 3.99. The van der Waals surface area contributed by atoms with Crippen molar-refractivity contribution in [3.05, 3.63) is 29.3 Å². The number of rotatable bonds is 4. The molecule has 0 spiro atoms. The van der Waals surface area contributed by atoms with Gasteiger partial charge in [-0.2, -0.15) is 0 Å². The summed E-state index contributed by atoms with van der Waals surface area (Å²) in [6.45, 7) is 7.26. The second kappa shape index (κ2) is 5.01. The minimum atomic E-state index is 0.234. The lowest BCUT2D eigenvalue weighted by molar-refractivity contribution is 0.244. The normalized spacial score (nSPS) is 12.6. The molecule has 78 valence electrons. The van der Waals surface area contributed by atoms with Gasteiger partial charge in [0.1, 0.15) is 0 Å². The molecule has 2 nitrogen and oxygen atoms in total. The van der Waals surface area contributed by atoms with E-state index in [4.69, 9.17) is 5.11 Å². The van der Waals surface area contributed by atoms with Crippen LogP contribution in [0, 0.1) is 19.8 Å². The van der Waals surface area contributed by atoms with Gasteiger partial charge in [-0.3, -0.25) is 0 Å². The van der Waals surface area contributed by atoms with Crippen molar-refractivity contribution in [2.45, 2.75) is 20.8 Å². The zero-order valence-electron chi connectivity index (χ0n) is 9.17. The summed E-state index contributed by atoms with van der Waals surface area (Å²) in [5.74, 6) is 0.302. The molecule has 14 heavy (non-hydrogen) atoms. The van der Waals surface area contributed by atoms with Gasteiger partial charge in [0.25, 0.3) is 0 Å². The summed E-state index contributed by atoms with van der Waals surface area (Å²) in [4.78, 5) is 0. The predicted molar refractivity (Wildman–Crippen MR) is 60.7 cm³/mol. The predicted octanol–water partition coefficient (Wildman–Crippen LogP) is 2.34. The number of aliphatic hydroxyl groups excluding tert-OH is 1. The van der Waals surface area contributed by atoms with Gasteiger partial charge in [-0.05, 0) is 31.4 Å². The molecule has 0 aliphatic heterocycles. The highest BCUT2D eigenvalue weighted by Gasteiger charge is 2.01. The molecule has 0 saturated carbocycles. The number of aliphatic hydroxyl groups is 1. The van der Waals surface area contributed by atoms with Crippen LogP contribution < -0.4 is 5.32 Å². The molecule has 1 unspecified atom stereocenters. The van der Waals surface area contributed by atoms with E-state index >= 15 is 0 Å². The minimum Gasteiger partial charge on any atom is -0.396 e. The van der Waals surface area contributed by atoms with Gasteiger partial charge in [-0.15, -0.1) is 0 Å². The molecular formula is C12H19NO. The fourth-order valence-electron chi connectivity index (χ4n) is 1.36. The molecule has 0 aliphatic carbocycles. The van der Waals surface area contributed by atoms with E-state index in [0.717, 1.165) is 12.2 Å². The van der Waals surface area contributed by atoms with Crippen LogP contribution in [0.1, 0.15) is 18.1 Å². The molecule has 2 heteroatoms. The topological polar surface area (TPSA) is 32.3 Å². The Balaban J connectivity index is 2.59. The molecule has 0 fully saturated rings. The van der Waals surface area contributed by atoms with Gasteiger partial charge in [-0.1, -0.05) is 24.6 Å². The van der Waals surface area contributed by atoms with Crippen molar-refractivity contribution in [3.8, 4) is 0 Å². The molecule has 1 aromatic carbocycles. The molecule has 2 N–H and O–H groups in total. The standard InChI is InChI=1S/C12H19NO/c1-9-4-5-12(11(3)6-9)13-7-10(2)8-14/h4-6,10,13-14H,7-8H2,1-3H3. The van der Waals surface area contributed by atoms with Crippen LogP contribution in [0.15, 0.2) is 18.2 Å². The highest BCUT2D eigenvalue weighted by Crippen LogP contribution is 2.16. The average Bonchev–Trinajstić information content (AvgIpc) is 2.16. The van der Waals surface area contributed by atoms with E-state index in [1.165, 1.54) is 11.1 Å². The molecule has 1 atom stereocenters. The Morgan fingerprint density at radius 2 is 2.07 bits per heavy atom. The summed E-state index contributed by atoms with van der Waals surface area (Å²) in [5.41, 5.74) is 3.70. The van der Waals surface area contributed by atoms with Crippen LogP contribution in [-0.4, -0.2) is 18.3 Å². The summed E-state index contributed by atoms with van der Waals surface area (Å²) in [6.07, 6.45) is 0. The van der Waals surface area contributed by atoms with Gasteiger partial charge >= 0.3 is 0 Å². The first-order valence-electron chi connectivity index (χ1n) is 5.05. The van der Waals surface area contributed by atoms with E-state index in [0.29, 0.717) is 5.92 Å². The van der Waals surface area contributed by atoms with E-state index in [1.807, 2.05) is 6.92 Å². The minimum absolute atomic E-state index is 0.234. The van der Waals surface area contributed by atoms with E-state index in [-0.39, 0.29) is 6.61 Å². The van der Waals surface area contributed by atoms with Crippen molar-refractivity contribution in [2.24, 2.45) is 5.92 Å². The van der Waals surface area contributed by atoms with Crippen LogP contribution in [0.4, 0.5) is 5.69 Å². The van der Waals surface area contributed by atoms with Gasteiger partial charge in [0.15, 0.2) is 0 Å². The number of hydrogen-bond acceptors (Lipinski definition) is 2. The second-order valence-corrected chi connectivity index (χ2v) is 3.99. The molecule has 0 heterocycles. The van der Waals surface area contributed by atoms with Crippen LogP contribution >= 0.6 is 0 Å². The maximum atomic E-state index is 8.89. The van der Waals surface area contributed by atoms with E-state index in [9.17, 15) is 0 Å². The fourth-order valence-corrected chi connectivity index (χ4v) is 1.36. The van der Waals surface area contributed by atoms with Crippen LogP contribution in [-0.2, 0) is 0 Å². The molecule has 0 radical (unpaired) electrons. The molecule has 0 saturated heterocycles. The van der Waals surface area contributed by atoms with Gasteiger partial charge < -0.3 is 10.4 Å². The lowest BCUT2D eigenvalue weighted by Gasteiger charge is -2.13. The van der Waals surface area contributed by atoms with E-state index in [2.05, 4.69) is 37.4 Å². The molecule has 0 amide bonds. The third-order valence-electron chi connectivity index (χ3n) is 2.33. The Kier molecular flexibility index (Phi) is 3.96. The maximum Gasteiger partial charge on any atom is 0.0473 e. The van der Waals surface area contributed by atoms with E-state index in [1.54, 1.807) is 0 Å². The molecule has 1 rings (SSSR count). The first-order valence-corrected chi connectivity index (χ1v) is 5.05. The third kappa shape index (κ3) is 3.04. The number of benzene rings is 1. The van der Waals surface area contributed by atoms with Gasteiger partial charge in [-0.25, -0.2) is 0 Å². The number of anilines is 1. The van der Waals surface area contributed by atoms with Gasteiger partial charge in [0, 0.05) is 18.8 Å². The number of nitrogens with one attached hydrogen (secondary N) is 1. The Hall–Kier alpha value is -1.02. The lowest BCUT2D eigenvalue weighted by atomic mass is 10.1. The summed E-state index contributed by atoms with van der Waals surface area (Å²) in [5, 5.41) is 12.2. The zero-order valence-corrected chi connectivity index (χ0v) is 9.17. The fraction of sp³-hybridized carbons (Fsp3) is 0.500. The number of hydrogen-bond donors (Lipinski definition) is 2. The zero-order chi connectivity index (χ0) is 10.6. The van der Waals surface area contributed by atoms with Crippen LogP contribution in [0.5, 0.6) is 0 Å². The van der Waals surface area contributed by atoms with Crippen molar-refractivity contribution in [3.63, 3.8) is 0 Å². The van der Waals surface area contributed by atoms with Crippen molar-refractivity contribution in [1.82, 2.24) is 0 Å². The largest absolute Gasteiger partial charge is 0.396 e. The lowest BCUT2D eigenvalue weighted by Crippen LogP contribution is -2.14. The first kappa shape index (κ1) is 11.1. The summed E-state index contributed by atoms with van der Waals surface area (Å²) in [7, 11) is 0. The molecular weight excluding hydrogens is 174 g/mol. The monoisotopic (exact) mass is 193 g/mol. The van der Waals surface area contributed by atoms with Gasteiger partial charge in [0.2, 0.25) is 0 Å². The Morgan fingerprint density at radius 1 is 1.36 bits per heavy atom. The van der Waals surface area contributed by atoms with Crippen molar-refractivity contribution in [1.29, 1.82) is 0 Å². The van der Waals surface area contributed by atoms with Crippen molar-refractivity contribution >= 4 is 5.69 Å². The van der Waals surface area contributed by atoms with Crippen molar-refractivity contribution in [2.75, 3.05) is 18.5 Å². The highest BCUT2D eigenvalue weighted by atomic mass is 16.3. The SMILES string of the molecule is Cc1ccc(NCC(C)CO)c(C)c1. The quantitative estimate of drug-likeness (QED) is 0.769. The molecule has 0 bridgehead atoms. The summed E-state index contributed by atoms with van der Waals surface area (Å²) >= 11 is 0. The Bertz CT molecular complexity index is 296. The molecule has 0 aliphatic rings. The maximum absolute atomic E-state index is 8.89. The molecule has 1 aromatic rings. The Morgan fingerprint density at radius 3 is 2.64 bits per heavy atom. The summed E-state index contributed by atoms with van der Waals surface area (Å²) < 4.78 is 0. The molecule has 0 aromatic heterocycles. The number of aryl methyl sites for hydroxylation is 2. The van der Waals surface area contributed by atoms with Crippen molar-refractivity contribution < 1.29 is 5.11 Å². The highest BCUT2D eigenvalue weighted by molar-refractivity contribution is 5.51. The van der Waals surface area contributed by atoms with E-state index < -0.39 is 0 Å². The van der Waals surface area contributed by atoms with Gasteiger partial charge in [0.05, 0.1) is 0 Å². The third-order valence-corrected chi connectivity index (χ3v) is 2.33.